The van der Waals surface area contributed by atoms with E-state index in [-0.39, 0.29) is 24.0 Å². The summed E-state index contributed by atoms with van der Waals surface area (Å²) in [7, 11) is -1.32. The van der Waals surface area contributed by atoms with Gasteiger partial charge in [-0.1, -0.05) is 38.8 Å². The first kappa shape index (κ1) is 23.2. The van der Waals surface area contributed by atoms with Crippen LogP contribution in [0.15, 0.2) is 34.2 Å². The Morgan fingerprint density at radius 1 is 1.27 bits per heavy atom. The molecule has 1 aromatic carbocycles. The Balaban J connectivity index is 0.00000338. The van der Waals surface area contributed by atoms with Crippen LogP contribution in [0.4, 0.5) is 0 Å². The van der Waals surface area contributed by atoms with Crippen LogP contribution in [0.5, 0.6) is 0 Å². The molecule has 1 atom stereocenters. The summed E-state index contributed by atoms with van der Waals surface area (Å²) in [4.78, 5) is 7.12. The van der Waals surface area contributed by atoms with Crippen molar-refractivity contribution in [1.29, 1.82) is 0 Å². The second kappa shape index (κ2) is 10.5. The Hall–Kier alpha value is -0.830. The van der Waals surface area contributed by atoms with Crippen molar-refractivity contribution in [2.45, 2.75) is 44.6 Å². The predicted molar refractivity (Wildman–Crippen MR) is 119 cm³/mol. The average Bonchev–Trinajstić information content (AvgIpc) is 3.06. The van der Waals surface area contributed by atoms with Crippen molar-refractivity contribution in [1.82, 2.24) is 10.2 Å². The van der Waals surface area contributed by atoms with Crippen molar-refractivity contribution in [2.75, 3.05) is 26.4 Å². The first-order valence-corrected chi connectivity index (χ1v) is 11.0. The van der Waals surface area contributed by atoms with Crippen LogP contribution in [-0.2, 0) is 16.4 Å². The van der Waals surface area contributed by atoms with Gasteiger partial charge in [0.25, 0.3) is 0 Å². The monoisotopic (exact) mass is 493 g/mol. The fraction of sp³-hybridized carbons (Fsp3) is 0.632. The van der Waals surface area contributed by atoms with Gasteiger partial charge in [0.1, 0.15) is 0 Å². The standard InChI is InChI=1S/C19H31N3O2S.HI/c1-5-16(6-2)17-11-12-22(14-17)19(20-3)21-13-15-7-9-18(10-8-15)25(4,23)24;/h7-10,16-17H,5-6,11-14H2,1-4H3,(H,20,21);1H. The second-order valence-corrected chi connectivity index (χ2v) is 8.90. The molecule has 0 bridgehead atoms. The highest BCUT2D eigenvalue weighted by Crippen LogP contribution is 2.28. The van der Waals surface area contributed by atoms with Gasteiger partial charge in [-0.05, 0) is 36.0 Å². The molecule has 0 spiro atoms. The summed E-state index contributed by atoms with van der Waals surface area (Å²) in [5.41, 5.74) is 1.05. The molecule has 1 saturated heterocycles. The van der Waals surface area contributed by atoms with Crippen LogP contribution in [-0.4, -0.2) is 45.7 Å². The van der Waals surface area contributed by atoms with Gasteiger partial charge < -0.3 is 10.2 Å². The van der Waals surface area contributed by atoms with Crippen LogP contribution < -0.4 is 5.32 Å². The van der Waals surface area contributed by atoms with Crippen molar-refractivity contribution in [3.05, 3.63) is 29.8 Å². The molecule has 0 radical (unpaired) electrons. The zero-order chi connectivity index (χ0) is 18.4. The van der Waals surface area contributed by atoms with Gasteiger partial charge in [-0.2, -0.15) is 0 Å². The summed E-state index contributed by atoms with van der Waals surface area (Å²) in [5, 5.41) is 3.41. The summed E-state index contributed by atoms with van der Waals surface area (Å²) < 4.78 is 23.0. The molecule has 1 fully saturated rings. The van der Waals surface area contributed by atoms with Crippen molar-refractivity contribution in [2.24, 2.45) is 16.8 Å². The lowest BCUT2D eigenvalue weighted by atomic mass is 9.87. The van der Waals surface area contributed by atoms with Crippen molar-refractivity contribution < 1.29 is 8.42 Å². The minimum absolute atomic E-state index is 0. The van der Waals surface area contributed by atoms with Gasteiger partial charge in [0, 0.05) is 32.9 Å². The van der Waals surface area contributed by atoms with E-state index in [1.807, 2.05) is 19.2 Å². The number of halogens is 1. The first-order chi connectivity index (χ1) is 11.9. The zero-order valence-corrected chi connectivity index (χ0v) is 19.4. The van der Waals surface area contributed by atoms with E-state index in [0.717, 1.165) is 36.4 Å². The van der Waals surface area contributed by atoms with E-state index in [1.54, 1.807) is 12.1 Å². The van der Waals surface area contributed by atoms with Crippen molar-refractivity contribution >= 4 is 39.8 Å². The Labute approximate surface area is 175 Å². The molecule has 1 N–H and O–H groups in total. The molecule has 1 aromatic rings. The van der Waals surface area contributed by atoms with Crippen molar-refractivity contribution in [3.63, 3.8) is 0 Å². The first-order valence-electron chi connectivity index (χ1n) is 9.13. The molecule has 7 heteroatoms. The normalized spacial score (nSPS) is 18.1. The van der Waals surface area contributed by atoms with Crippen LogP contribution >= 0.6 is 24.0 Å². The van der Waals surface area contributed by atoms with Crippen LogP contribution in [0.1, 0.15) is 38.7 Å². The molecule has 0 aliphatic carbocycles. The van der Waals surface area contributed by atoms with Gasteiger partial charge >= 0.3 is 0 Å². The van der Waals surface area contributed by atoms with Crippen molar-refractivity contribution in [3.8, 4) is 0 Å². The smallest absolute Gasteiger partial charge is 0.193 e. The largest absolute Gasteiger partial charge is 0.352 e. The molecule has 1 heterocycles. The third-order valence-electron chi connectivity index (χ3n) is 5.25. The molecule has 1 unspecified atom stereocenters. The maximum atomic E-state index is 11.5. The summed E-state index contributed by atoms with van der Waals surface area (Å²) in [6.45, 7) is 7.32. The molecular weight excluding hydrogens is 461 g/mol. The van der Waals surface area contributed by atoms with E-state index < -0.39 is 9.84 Å². The topological polar surface area (TPSA) is 61.8 Å². The number of aliphatic imine (C=N–C) groups is 1. The summed E-state index contributed by atoms with van der Waals surface area (Å²) in [6.07, 6.45) is 4.95. The van der Waals surface area contributed by atoms with E-state index in [2.05, 4.69) is 29.1 Å². The lowest BCUT2D eigenvalue weighted by Gasteiger charge is -2.24. The number of sulfone groups is 1. The molecule has 5 nitrogen and oxygen atoms in total. The zero-order valence-electron chi connectivity index (χ0n) is 16.2. The molecule has 1 aliphatic heterocycles. The molecule has 0 aromatic heterocycles. The predicted octanol–water partition coefficient (Wildman–Crippen LogP) is 3.54. The lowest BCUT2D eigenvalue weighted by molar-refractivity contribution is 0.319. The highest BCUT2D eigenvalue weighted by Gasteiger charge is 2.29. The summed E-state index contributed by atoms with van der Waals surface area (Å²) in [5.74, 6) is 2.48. The van der Waals surface area contributed by atoms with Crippen LogP contribution in [0, 0.1) is 11.8 Å². The number of guanidine groups is 1. The molecule has 0 amide bonds. The minimum Gasteiger partial charge on any atom is -0.352 e. The van der Waals surface area contributed by atoms with E-state index in [0.29, 0.717) is 11.4 Å². The Kier molecular flexibility index (Phi) is 9.36. The Morgan fingerprint density at radius 2 is 1.88 bits per heavy atom. The van der Waals surface area contributed by atoms with Gasteiger partial charge in [0.2, 0.25) is 0 Å². The fourth-order valence-electron chi connectivity index (χ4n) is 3.69. The molecule has 26 heavy (non-hydrogen) atoms. The minimum atomic E-state index is -3.14. The number of rotatable bonds is 6. The molecular formula is C19H32IN3O2S. The van der Waals surface area contributed by atoms with Gasteiger partial charge in [0.05, 0.1) is 4.90 Å². The number of benzene rings is 1. The average molecular weight is 493 g/mol. The quantitative estimate of drug-likeness (QED) is 0.374. The van der Waals surface area contributed by atoms with E-state index >= 15 is 0 Å². The van der Waals surface area contributed by atoms with Gasteiger partial charge in [-0.25, -0.2) is 8.42 Å². The van der Waals surface area contributed by atoms with Crippen LogP contribution in [0.2, 0.25) is 0 Å². The third kappa shape index (κ3) is 6.11. The summed E-state index contributed by atoms with van der Waals surface area (Å²) >= 11 is 0. The maximum absolute atomic E-state index is 11.5. The summed E-state index contributed by atoms with van der Waals surface area (Å²) in [6, 6.07) is 7.03. The number of hydrogen-bond acceptors (Lipinski definition) is 3. The van der Waals surface area contributed by atoms with E-state index in [9.17, 15) is 8.42 Å². The Bertz CT molecular complexity index is 685. The number of nitrogens with one attached hydrogen (secondary N) is 1. The Morgan fingerprint density at radius 3 is 2.38 bits per heavy atom. The molecule has 148 valence electrons. The lowest BCUT2D eigenvalue weighted by Crippen LogP contribution is -2.40. The van der Waals surface area contributed by atoms with Gasteiger partial charge in [0.15, 0.2) is 15.8 Å². The van der Waals surface area contributed by atoms with E-state index in [4.69, 9.17) is 0 Å². The van der Waals surface area contributed by atoms with E-state index in [1.165, 1.54) is 25.5 Å². The fourth-order valence-corrected chi connectivity index (χ4v) is 4.32. The number of hydrogen-bond donors (Lipinski definition) is 1. The second-order valence-electron chi connectivity index (χ2n) is 6.89. The number of likely N-dealkylation sites (tertiary alicyclic amines) is 1. The SMILES string of the molecule is CCC(CC)C1CCN(C(=NC)NCc2ccc(S(C)(=O)=O)cc2)C1.I. The highest BCUT2D eigenvalue weighted by molar-refractivity contribution is 14.0. The van der Waals surface area contributed by atoms with Crippen LogP contribution in [0.25, 0.3) is 0 Å². The van der Waals surface area contributed by atoms with Crippen LogP contribution in [0.3, 0.4) is 0 Å². The van der Waals surface area contributed by atoms with Gasteiger partial charge in [-0.15, -0.1) is 24.0 Å². The maximum Gasteiger partial charge on any atom is 0.193 e. The molecule has 0 saturated carbocycles. The third-order valence-corrected chi connectivity index (χ3v) is 6.38. The van der Waals surface area contributed by atoms with Gasteiger partial charge in [-0.3, -0.25) is 4.99 Å². The molecule has 1 aliphatic rings. The number of nitrogens with zero attached hydrogens (tertiary/aromatic N) is 2. The molecule has 2 rings (SSSR count). The highest BCUT2D eigenvalue weighted by atomic mass is 127.